The summed E-state index contributed by atoms with van der Waals surface area (Å²) in [7, 11) is 3.55. The average Bonchev–Trinajstić information content (AvgIpc) is 2.83. The number of nitrogens with zero attached hydrogens (tertiary/aromatic N) is 1. The molecule has 1 aromatic heterocycles. The van der Waals surface area contributed by atoms with Gasteiger partial charge in [-0.3, -0.25) is 9.69 Å². The Morgan fingerprint density at radius 3 is 2.85 bits per heavy atom. The summed E-state index contributed by atoms with van der Waals surface area (Å²) in [6.07, 6.45) is 0. The highest BCUT2D eigenvalue weighted by atomic mass is 79.9. The van der Waals surface area contributed by atoms with Crippen molar-refractivity contribution in [2.75, 3.05) is 20.7 Å². The van der Waals surface area contributed by atoms with E-state index in [0.717, 1.165) is 11.0 Å². The maximum absolute atomic E-state index is 12.2. The van der Waals surface area contributed by atoms with Crippen molar-refractivity contribution in [3.05, 3.63) is 50.6 Å². The van der Waals surface area contributed by atoms with Crippen LogP contribution in [0.25, 0.3) is 0 Å². The molecule has 0 atom stereocenters. The number of hydrogen-bond acceptors (Lipinski definition) is 4. The number of hydrogen-bond donors (Lipinski definition) is 0. The van der Waals surface area contributed by atoms with Crippen molar-refractivity contribution in [2.24, 2.45) is 0 Å². The fourth-order valence-electron chi connectivity index (χ4n) is 1.89. The molecule has 0 saturated heterocycles. The lowest BCUT2D eigenvalue weighted by Crippen LogP contribution is -2.25. The molecule has 2 rings (SSSR count). The number of likely N-dealkylation sites (N-methyl/N-ethyl adjacent to an activating group) is 1. The SMILES string of the molecule is COc1cccc(C(=O)CN(C)Cc2cc(Br)cs2)c1. The molecule has 5 heteroatoms. The molecule has 0 aliphatic heterocycles. The minimum absolute atomic E-state index is 0.0991. The zero-order chi connectivity index (χ0) is 14.5. The molecular weight excluding hydrogens is 338 g/mol. The fourth-order valence-corrected chi connectivity index (χ4v) is 3.42. The zero-order valence-electron chi connectivity index (χ0n) is 11.4. The molecule has 0 aliphatic carbocycles. The second-order valence-electron chi connectivity index (χ2n) is 4.56. The highest BCUT2D eigenvalue weighted by Gasteiger charge is 2.11. The van der Waals surface area contributed by atoms with Crippen molar-refractivity contribution >= 4 is 33.0 Å². The minimum atomic E-state index is 0.0991. The van der Waals surface area contributed by atoms with E-state index in [4.69, 9.17) is 4.74 Å². The Labute approximate surface area is 131 Å². The summed E-state index contributed by atoms with van der Waals surface area (Å²) >= 11 is 5.12. The summed E-state index contributed by atoms with van der Waals surface area (Å²) in [5.74, 6) is 0.808. The number of thiophene rings is 1. The smallest absolute Gasteiger partial charge is 0.176 e. The van der Waals surface area contributed by atoms with Gasteiger partial charge in [-0.1, -0.05) is 12.1 Å². The summed E-state index contributed by atoms with van der Waals surface area (Å²) in [4.78, 5) is 15.5. The topological polar surface area (TPSA) is 29.5 Å². The van der Waals surface area contributed by atoms with Gasteiger partial charge in [0.15, 0.2) is 5.78 Å². The monoisotopic (exact) mass is 353 g/mol. The number of halogens is 1. The van der Waals surface area contributed by atoms with Crippen LogP contribution in [0.2, 0.25) is 0 Å². The molecule has 0 N–H and O–H groups in total. The van der Waals surface area contributed by atoms with Crippen molar-refractivity contribution in [2.45, 2.75) is 6.54 Å². The van der Waals surface area contributed by atoms with Crippen LogP contribution in [0.15, 0.2) is 40.2 Å². The van der Waals surface area contributed by atoms with Crippen molar-refractivity contribution in [3.63, 3.8) is 0 Å². The van der Waals surface area contributed by atoms with E-state index in [-0.39, 0.29) is 5.78 Å². The molecule has 3 nitrogen and oxygen atoms in total. The van der Waals surface area contributed by atoms with Gasteiger partial charge in [-0.05, 0) is 41.2 Å². The van der Waals surface area contributed by atoms with Crippen molar-refractivity contribution in [3.8, 4) is 5.75 Å². The lowest BCUT2D eigenvalue weighted by atomic mass is 10.1. The molecule has 20 heavy (non-hydrogen) atoms. The van der Waals surface area contributed by atoms with E-state index < -0.39 is 0 Å². The predicted octanol–water partition coefficient (Wildman–Crippen LogP) is 3.83. The van der Waals surface area contributed by atoms with E-state index in [1.807, 2.05) is 35.5 Å². The molecule has 1 aromatic carbocycles. The average molecular weight is 354 g/mol. The summed E-state index contributed by atoms with van der Waals surface area (Å²) < 4.78 is 6.23. The van der Waals surface area contributed by atoms with Gasteiger partial charge in [-0.2, -0.15) is 0 Å². The molecule has 2 aromatic rings. The third kappa shape index (κ3) is 4.16. The number of Topliss-reactive ketones (excluding diaryl/α,β-unsaturated/α-hetero) is 1. The molecule has 0 saturated carbocycles. The zero-order valence-corrected chi connectivity index (χ0v) is 13.8. The first-order valence-electron chi connectivity index (χ1n) is 6.17. The van der Waals surface area contributed by atoms with Crippen molar-refractivity contribution in [1.29, 1.82) is 0 Å². The Morgan fingerprint density at radius 1 is 1.40 bits per heavy atom. The van der Waals surface area contributed by atoms with Crippen LogP contribution in [0.3, 0.4) is 0 Å². The lowest BCUT2D eigenvalue weighted by Gasteiger charge is -2.14. The molecule has 0 amide bonds. The standard InChI is InChI=1S/C15H16BrNO2S/c1-17(8-14-7-12(16)10-20-14)9-15(18)11-4-3-5-13(6-11)19-2/h3-7,10H,8-9H2,1-2H3. The van der Waals surface area contributed by atoms with Crippen LogP contribution in [0.5, 0.6) is 5.75 Å². The number of ketones is 1. The fraction of sp³-hybridized carbons (Fsp3) is 0.267. The normalized spacial score (nSPS) is 10.8. The molecular formula is C15H16BrNO2S. The summed E-state index contributed by atoms with van der Waals surface area (Å²) in [5, 5.41) is 2.05. The molecule has 106 valence electrons. The highest BCUT2D eigenvalue weighted by molar-refractivity contribution is 9.10. The van der Waals surface area contributed by atoms with Gasteiger partial charge in [-0.15, -0.1) is 11.3 Å². The second kappa shape index (κ2) is 7.02. The van der Waals surface area contributed by atoms with Gasteiger partial charge >= 0.3 is 0 Å². The maximum Gasteiger partial charge on any atom is 0.176 e. The van der Waals surface area contributed by atoms with E-state index in [1.165, 1.54) is 4.88 Å². The van der Waals surface area contributed by atoms with Gasteiger partial charge in [0.2, 0.25) is 0 Å². The summed E-state index contributed by atoms with van der Waals surface area (Å²) in [5.41, 5.74) is 0.684. The lowest BCUT2D eigenvalue weighted by molar-refractivity contribution is 0.0943. The van der Waals surface area contributed by atoms with Crippen LogP contribution in [-0.4, -0.2) is 31.4 Å². The molecule has 1 heterocycles. The van der Waals surface area contributed by atoms with E-state index >= 15 is 0 Å². The van der Waals surface area contributed by atoms with E-state index in [2.05, 4.69) is 22.0 Å². The number of carbonyl (C=O) groups excluding carboxylic acids is 1. The number of benzene rings is 1. The van der Waals surface area contributed by atoms with E-state index in [1.54, 1.807) is 24.5 Å². The highest BCUT2D eigenvalue weighted by Crippen LogP contribution is 2.21. The van der Waals surface area contributed by atoms with Gasteiger partial charge in [-0.25, -0.2) is 0 Å². The van der Waals surface area contributed by atoms with Gasteiger partial charge in [0.25, 0.3) is 0 Å². The van der Waals surface area contributed by atoms with Crippen molar-refractivity contribution in [1.82, 2.24) is 4.90 Å². The van der Waals surface area contributed by atoms with Crippen LogP contribution < -0.4 is 4.74 Å². The molecule has 0 spiro atoms. The Kier molecular flexibility index (Phi) is 5.34. The third-order valence-corrected chi connectivity index (χ3v) is 4.54. The Hall–Kier alpha value is -1.17. The van der Waals surface area contributed by atoms with E-state index in [9.17, 15) is 4.79 Å². The second-order valence-corrected chi connectivity index (χ2v) is 6.47. The van der Waals surface area contributed by atoms with Gasteiger partial charge in [0, 0.05) is 26.8 Å². The summed E-state index contributed by atoms with van der Waals surface area (Å²) in [6.45, 7) is 1.16. The van der Waals surface area contributed by atoms with Crippen LogP contribution in [0.4, 0.5) is 0 Å². The molecule has 0 bridgehead atoms. The number of carbonyl (C=O) groups is 1. The van der Waals surface area contributed by atoms with E-state index in [0.29, 0.717) is 17.9 Å². The Bertz CT molecular complexity index is 597. The quantitative estimate of drug-likeness (QED) is 0.739. The van der Waals surface area contributed by atoms with Crippen LogP contribution in [0.1, 0.15) is 15.2 Å². The largest absolute Gasteiger partial charge is 0.497 e. The molecule has 0 unspecified atom stereocenters. The first-order chi connectivity index (χ1) is 9.58. The third-order valence-electron chi connectivity index (χ3n) is 2.85. The first kappa shape index (κ1) is 15.2. The van der Waals surface area contributed by atoms with Crippen LogP contribution in [0, 0.1) is 0 Å². The van der Waals surface area contributed by atoms with Gasteiger partial charge in [0.1, 0.15) is 5.75 Å². The Balaban J connectivity index is 1.96. The van der Waals surface area contributed by atoms with Gasteiger partial charge < -0.3 is 4.74 Å². The van der Waals surface area contributed by atoms with Crippen molar-refractivity contribution < 1.29 is 9.53 Å². The molecule has 0 radical (unpaired) electrons. The minimum Gasteiger partial charge on any atom is -0.497 e. The van der Waals surface area contributed by atoms with Crippen LogP contribution in [-0.2, 0) is 6.54 Å². The maximum atomic E-state index is 12.2. The van der Waals surface area contributed by atoms with Gasteiger partial charge in [0.05, 0.1) is 13.7 Å². The summed E-state index contributed by atoms with van der Waals surface area (Å²) in [6, 6.07) is 9.35. The number of methoxy groups -OCH3 is 1. The predicted molar refractivity (Wildman–Crippen MR) is 85.7 cm³/mol. The Morgan fingerprint density at radius 2 is 2.20 bits per heavy atom. The molecule has 0 aliphatic rings. The molecule has 0 fully saturated rings. The first-order valence-corrected chi connectivity index (χ1v) is 7.84. The van der Waals surface area contributed by atoms with Crippen LogP contribution >= 0.6 is 27.3 Å². The number of ether oxygens (including phenoxy) is 1. The number of rotatable bonds is 6.